The van der Waals surface area contributed by atoms with Gasteiger partial charge in [-0.1, -0.05) is 19.3 Å². The Morgan fingerprint density at radius 1 is 1.05 bits per heavy atom. The molecule has 2 fully saturated rings. The number of rotatable bonds is 6. The van der Waals surface area contributed by atoms with Crippen molar-refractivity contribution in [2.24, 2.45) is 0 Å². The highest BCUT2D eigenvalue weighted by Gasteiger charge is 2.17. The van der Waals surface area contributed by atoms with E-state index >= 15 is 0 Å². The molecule has 122 valence electrons. The first kappa shape index (κ1) is 15.3. The van der Waals surface area contributed by atoms with Crippen molar-refractivity contribution < 1.29 is 0 Å². The van der Waals surface area contributed by atoms with Crippen LogP contribution in [-0.2, 0) is 0 Å². The van der Waals surface area contributed by atoms with Crippen LogP contribution in [0.5, 0.6) is 0 Å². The van der Waals surface area contributed by atoms with E-state index in [1.54, 1.807) is 6.33 Å². The van der Waals surface area contributed by atoms with Gasteiger partial charge in [0.1, 0.15) is 12.0 Å². The molecule has 2 aliphatic rings. The summed E-state index contributed by atoms with van der Waals surface area (Å²) >= 11 is 0. The molecule has 6 heteroatoms. The van der Waals surface area contributed by atoms with E-state index in [1.165, 1.54) is 58.0 Å². The molecule has 1 aromatic rings. The lowest BCUT2D eigenvalue weighted by Gasteiger charge is -2.26. The topological polar surface area (TPSA) is 79.1 Å². The van der Waals surface area contributed by atoms with E-state index in [1.807, 2.05) is 0 Å². The van der Waals surface area contributed by atoms with E-state index < -0.39 is 0 Å². The summed E-state index contributed by atoms with van der Waals surface area (Å²) in [6.07, 6.45) is 10.6. The molecule has 22 heavy (non-hydrogen) atoms. The summed E-state index contributed by atoms with van der Waals surface area (Å²) < 4.78 is 0. The number of hydrogen-bond acceptors (Lipinski definition) is 6. The highest BCUT2D eigenvalue weighted by molar-refractivity contribution is 5.74. The molecule has 1 saturated carbocycles. The maximum Gasteiger partial charge on any atom is 0.155 e. The smallest absolute Gasteiger partial charge is 0.155 e. The fourth-order valence-corrected chi connectivity index (χ4v) is 3.43. The standard InChI is InChI=1S/C16H28N6/c17-14-15(18-8-11-22-9-4-1-5-10-22)19-12-20-16(14)21-13-6-2-3-7-13/h12-13H,1-11,17H2,(H2,18,19,20,21). The van der Waals surface area contributed by atoms with Crippen molar-refractivity contribution in [3.8, 4) is 0 Å². The fraction of sp³-hybridized carbons (Fsp3) is 0.750. The van der Waals surface area contributed by atoms with Crippen molar-refractivity contribution in [3.05, 3.63) is 6.33 Å². The molecular formula is C16H28N6. The summed E-state index contributed by atoms with van der Waals surface area (Å²) in [5.41, 5.74) is 6.86. The van der Waals surface area contributed by atoms with Gasteiger partial charge < -0.3 is 21.3 Å². The summed E-state index contributed by atoms with van der Waals surface area (Å²) in [5.74, 6) is 1.54. The minimum Gasteiger partial charge on any atom is -0.393 e. The van der Waals surface area contributed by atoms with Crippen molar-refractivity contribution in [1.29, 1.82) is 0 Å². The van der Waals surface area contributed by atoms with Gasteiger partial charge in [-0.05, 0) is 38.8 Å². The number of likely N-dealkylation sites (tertiary alicyclic amines) is 1. The van der Waals surface area contributed by atoms with Gasteiger partial charge in [0.25, 0.3) is 0 Å². The number of hydrogen-bond donors (Lipinski definition) is 3. The van der Waals surface area contributed by atoms with Gasteiger partial charge in [0.2, 0.25) is 0 Å². The second-order valence-corrected chi connectivity index (χ2v) is 6.44. The largest absolute Gasteiger partial charge is 0.393 e. The monoisotopic (exact) mass is 304 g/mol. The highest BCUT2D eigenvalue weighted by Crippen LogP contribution is 2.27. The molecule has 0 radical (unpaired) electrons. The van der Waals surface area contributed by atoms with Gasteiger partial charge in [-0.2, -0.15) is 0 Å². The number of aromatic nitrogens is 2. The predicted octanol–water partition coefficient (Wildman–Crippen LogP) is 2.31. The Kier molecular flexibility index (Phi) is 5.32. The molecule has 0 unspecified atom stereocenters. The van der Waals surface area contributed by atoms with Gasteiger partial charge in [0.05, 0.1) is 0 Å². The van der Waals surface area contributed by atoms with Gasteiger partial charge in [0, 0.05) is 19.1 Å². The molecule has 6 nitrogen and oxygen atoms in total. The maximum absolute atomic E-state index is 6.22. The van der Waals surface area contributed by atoms with Crippen molar-refractivity contribution >= 4 is 17.3 Å². The summed E-state index contributed by atoms with van der Waals surface area (Å²) in [6, 6.07) is 0.512. The number of nitrogens with one attached hydrogen (secondary N) is 2. The van der Waals surface area contributed by atoms with Crippen molar-refractivity contribution in [2.75, 3.05) is 42.5 Å². The summed E-state index contributed by atoms with van der Waals surface area (Å²) in [4.78, 5) is 11.1. The first-order valence-electron chi connectivity index (χ1n) is 8.66. The number of anilines is 3. The van der Waals surface area contributed by atoms with Crippen LogP contribution >= 0.6 is 0 Å². The average Bonchev–Trinajstić information content (AvgIpc) is 3.05. The fourth-order valence-electron chi connectivity index (χ4n) is 3.43. The molecule has 4 N–H and O–H groups in total. The van der Waals surface area contributed by atoms with Crippen LogP contribution in [0.25, 0.3) is 0 Å². The Morgan fingerprint density at radius 2 is 1.77 bits per heavy atom. The van der Waals surface area contributed by atoms with Crippen molar-refractivity contribution in [2.45, 2.75) is 51.0 Å². The van der Waals surface area contributed by atoms with E-state index in [0.717, 1.165) is 24.7 Å². The minimum atomic E-state index is 0.512. The first-order valence-corrected chi connectivity index (χ1v) is 8.66. The van der Waals surface area contributed by atoms with Gasteiger partial charge in [-0.25, -0.2) is 9.97 Å². The SMILES string of the molecule is Nc1c(NCCN2CCCCC2)ncnc1NC1CCCC1. The zero-order valence-corrected chi connectivity index (χ0v) is 13.4. The van der Waals surface area contributed by atoms with E-state index in [4.69, 9.17) is 5.73 Å². The summed E-state index contributed by atoms with van der Waals surface area (Å²) in [6.45, 7) is 4.36. The van der Waals surface area contributed by atoms with E-state index in [-0.39, 0.29) is 0 Å². The zero-order chi connectivity index (χ0) is 15.2. The Labute approximate surface area is 132 Å². The lowest BCUT2D eigenvalue weighted by Crippen LogP contribution is -2.33. The average molecular weight is 304 g/mol. The third-order valence-electron chi connectivity index (χ3n) is 4.75. The first-order chi connectivity index (χ1) is 10.8. The highest BCUT2D eigenvalue weighted by atomic mass is 15.2. The van der Waals surface area contributed by atoms with Crippen molar-refractivity contribution in [3.63, 3.8) is 0 Å². The second-order valence-electron chi connectivity index (χ2n) is 6.44. The summed E-state index contributed by atoms with van der Waals surface area (Å²) in [7, 11) is 0. The molecule has 0 spiro atoms. The molecule has 1 aromatic heterocycles. The maximum atomic E-state index is 6.22. The third-order valence-corrected chi connectivity index (χ3v) is 4.75. The second kappa shape index (κ2) is 7.63. The number of piperidine rings is 1. The zero-order valence-electron chi connectivity index (χ0n) is 13.4. The molecule has 0 amide bonds. The molecule has 0 atom stereocenters. The van der Waals surface area contributed by atoms with Crippen LogP contribution in [0.15, 0.2) is 6.33 Å². The quantitative estimate of drug-likeness (QED) is 0.748. The Balaban J connectivity index is 1.51. The lowest BCUT2D eigenvalue weighted by molar-refractivity contribution is 0.237. The molecular weight excluding hydrogens is 276 g/mol. The Morgan fingerprint density at radius 3 is 2.55 bits per heavy atom. The van der Waals surface area contributed by atoms with Gasteiger partial charge in [0.15, 0.2) is 11.6 Å². The summed E-state index contributed by atoms with van der Waals surface area (Å²) in [5, 5.41) is 6.83. The molecule has 1 aliphatic carbocycles. The van der Waals surface area contributed by atoms with E-state index in [0.29, 0.717) is 11.7 Å². The predicted molar refractivity (Wildman–Crippen MR) is 91.1 cm³/mol. The third kappa shape index (κ3) is 4.00. The van der Waals surface area contributed by atoms with Crippen LogP contribution in [0.1, 0.15) is 44.9 Å². The van der Waals surface area contributed by atoms with Crippen LogP contribution < -0.4 is 16.4 Å². The number of nitrogens with two attached hydrogens (primary N) is 1. The Bertz CT molecular complexity index is 466. The van der Waals surface area contributed by atoms with Gasteiger partial charge in [-0.3, -0.25) is 0 Å². The number of nitrogens with zero attached hydrogens (tertiary/aromatic N) is 3. The van der Waals surface area contributed by atoms with E-state index in [2.05, 4.69) is 25.5 Å². The molecule has 2 heterocycles. The number of nitrogen functional groups attached to an aromatic ring is 1. The molecule has 0 aromatic carbocycles. The van der Waals surface area contributed by atoms with Crippen LogP contribution in [0, 0.1) is 0 Å². The molecule has 1 aliphatic heterocycles. The normalized spacial score (nSPS) is 20.2. The lowest BCUT2D eigenvalue weighted by atomic mass is 10.1. The van der Waals surface area contributed by atoms with Crippen LogP contribution in [-0.4, -0.2) is 47.1 Å². The molecule has 0 bridgehead atoms. The Hall–Kier alpha value is -1.56. The van der Waals surface area contributed by atoms with E-state index in [9.17, 15) is 0 Å². The molecule has 1 saturated heterocycles. The van der Waals surface area contributed by atoms with Crippen molar-refractivity contribution in [1.82, 2.24) is 14.9 Å². The van der Waals surface area contributed by atoms with Gasteiger partial charge in [-0.15, -0.1) is 0 Å². The van der Waals surface area contributed by atoms with Crippen LogP contribution in [0.3, 0.4) is 0 Å². The van der Waals surface area contributed by atoms with Crippen LogP contribution in [0.2, 0.25) is 0 Å². The van der Waals surface area contributed by atoms with Gasteiger partial charge >= 0.3 is 0 Å². The molecule has 3 rings (SSSR count). The minimum absolute atomic E-state index is 0.512. The van der Waals surface area contributed by atoms with Crippen LogP contribution in [0.4, 0.5) is 17.3 Å².